The molecule has 0 saturated carbocycles. The Morgan fingerprint density at radius 2 is 1.87 bits per heavy atom. The number of hydrogen-bond acceptors (Lipinski definition) is 3. The van der Waals surface area contributed by atoms with Crippen molar-refractivity contribution in [3.05, 3.63) is 59.2 Å². The number of hydrogen-bond donors (Lipinski definition) is 1. The number of rotatable bonds is 3. The van der Waals surface area contributed by atoms with Crippen molar-refractivity contribution in [3.8, 4) is 0 Å². The van der Waals surface area contributed by atoms with Gasteiger partial charge in [0, 0.05) is 6.42 Å². The lowest BCUT2D eigenvalue weighted by molar-refractivity contribution is -0.118. The topological polar surface area (TPSA) is 80.5 Å². The third-order valence-electron chi connectivity index (χ3n) is 4.12. The van der Waals surface area contributed by atoms with Gasteiger partial charge < -0.3 is 5.73 Å². The lowest BCUT2D eigenvalue weighted by atomic mass is 10.1. The molecule has 2 aromatic carbocycles. The third kappa shape index (κ3) is 2.49. The molecular formula is C17H18N2O3S. The van der Waals surface area contributed by atoms with Crippen LogP contribution >= 0.6 is 0 Å². The molecule has 0 aliphatic carbocycles. The lowest BCUT2D eigenvalue weighted by Gasteiger charge is -2.25. The van der Waals surface area contributed by atoms with Crippen molar-refractivity contribution in [2.45, 2.75) is 31.2 Å². The summed E-state index contributed by atoms with van der Waals surface area (Å²) in [6.07, 6.45) is 0.301. The van der Waals surface area contributed by atoms with E-state index in [2.05, 4.69) is 0 Å². The molecule has 0 bridgehead atoms. The second-order valence-corrected chi connectivity index (χ2v) is 7.60. The lowest BCUT2D eigenvalue weighted by Crippen LogP contribution is -2.46. The van der Waals surface area contributed by atoms with Crippen LogP contribution in [-0.2, 0) is 21.2 Å². The fourth-order valence-corrected chi connectivity index (χ4v) is 4.93. The van der Waals surface area contributed by atoms with Gasteiger partial charge >= 0.3 is 0 Å². The number of primary amides is 1. The first-order valence-corrected chi connectivity index (χ1v) is 8.75. The fourth-order valence-electron chi connectivity index (χ4n) is 3.07. The molecule has 1 heterocycles. The largest absolute Gasteiger partial charge is 0.368 e. The van der Waals surface area contributed by atoms with E-state index in [1.807, 2.05) is 25.1 Å². The van der Waals surface area contributed by atoms with Gasteiger partial charge in [0.1, 0.15) is 6.04 Å². The molecule has 2 N–H and O–H groups in total. The van der Waals surface area contributed by atoms with Gasteiger partial charge in [0.25, 0.3) is 10.0 Å². The van der Waals surface area contributed by atoms with Crippen LogP contribution in [0.3, 0.4) is 0 Å². The standard InChI is InChI=1S/C17H18N2O3S/c1-11-7-8-16(12(2)9-11)23(21,22)19-14-6-4-3-5-13(14)10-15(19)17(18)20/h3-9,15H,10H2,1-2H3,(H2,18,20). The quantitative estimate of drug-likeness (QED) is 0.933. The van der Waals surface area contributed by atoms with Crippen LogP contribution in [0, 0.1) is 13.8 Å². The molecule has 0 fully saturated rings. The number of amides is 1. The van der Waals surface area contributed by atoms with Crippen LogP contribution in [0.1, 0.15) is 16.7 Å². The highest BCUT2D eigenvalue weighted by Crippen LogP contribution is 2.37. The monoisotopic (exact) mass is 330 g/mol. The summed E-state index contributed by atoms with van der Waals surface area (Å²) in [4.78, 5) is 12.0. The highest BCUT2D eigenvalue weighted by Gasteiger charge is 2.41. The summed E-state index contributed by atoms with van der Waals surface area (Å²) in [7, 11) is -3.86. The van der Waals surface area contributed by atoms with E-state index in [0.717, 1.165) is 11.1 Å². The van der Waals surface area contributed by atoms with E-state index in [4.69, 9.17) is 5.73 Å². The number of anilines is 1. The van der Waals surface area contributed by atoms with Crippen molar-refractivity contribution in [1.82, 2.24) is 0 Å². The van der Waals surface area contributed by atoms with E-state index < -0.39 is 22.0 Å². The maximum absolute atomic E-state index is 13.2. The number of nitrogens with zero attached hydrogens (tertiary/aromatic N) is 1. The van der Waals surface area contributed by atoms with E-state index in [1.165, 1.54) is 4.31 Å². The second-order valence-electron chi connectivity index (χ2n) is 5.82. The highest BCUT2D eigenvalue weighted by molar-refractivity contribution is 7.93. The summed E-state index contributed by atoms with van der Waals surface area (Å²) in [5.41, 5.74) is 8.43. The van der Waals surface area contributed by atoms with Crippen LogP contribution in [-0.4, -0.2) is 20.4 Å². The Labute approximate surface area is 135 Å². The predicted molar refractivity (Wildman–Crippen MR) is 88.7 cm³/mol. The Morgan fingerprint density at radius 1 is 1.17 bits per heavy atom. The zero-order valence-corrected chi connectivity index (χ0v) is 13.8. The van der Waals surface area contributed by atoms with Crippen molar-refractivity contribution in [2.24, 2.45) is 5.73 Å². The van der Waals surface area contributed by atoms with Gasteiger partial charge in [-0.15, -0.1) is 0 Å². The number of fused-ring (bicyclic) bond motifs is 1. The molecule has 2 aromatic rings. The molecular weight excluding hydrogens is 312 g/mol. The van der Waals surface area contributed by atoms with E-state index in [1.54, 1.807) is 31.2 Å². The van der Waals surface area contributed by atoms with Crippen LogP contribution < -0.4 is 10.0 Å². The molecule has 1 unspecified atom stereocenters. The van der Waals surface area contributed by atoms with Crippen LogP contribution in [0.2, 0.25) is 0 Å². The number of nitrogens with two attached hydrogens (primary N) is 1. The Bertz CT molecular complexity index is 890. The molecule has 1 aliphatic rings. The maximum Gasteiger partial charge on any atom is 0.265 e. The van der Waals surface area contributed by atoms with Crippen molar-refractivity contribution < 1.29 is 13.2 Å². The summed E-state index contributed by atoms with van der Waals surface area (Å²) >= 11 is 0. The van der Waals surface area contributed by atoms with E-state index in [9.17, 15) is 13.2 Å². The summed E-state index contributed by atoms with van der Waals surface area (Å²) in [5.74, 6) is -0.644. The molecule has 1 aliphatic heterocycles. The van der Waals surface area contributed by atoms with E-state index in [0.29, 0.717) is 17.7 Å². The minimum absolute atomic E-state index is 0.200. The Balaban J connectivity index is 2.19. The van der Waals surface area contributed by atoms with Gasteiger partial charge in [0.2, 0.25) is 5.91 Å². The molecule has 0 spiro atoms. The van der Waals surface area contributed by atoms with E-state index in [-0.39, 0.29) is 4.90 Å². The second kappa shape index (κ2) is 5.38. The van der Waals surface area contributed by atoms with Gasteiger partial charge in [0.05, 0.1) is 10.6 Å². The van der Waals surface area contributed by atoms with Crippen LogP contribution in [0.25, 0.3) is 0 Å². The molecule has 0 radical (unpaired) electrons. The molecule has 1 atom stereocenters. The summed E-state index contributed by atoms with van der Waals surface area (Å²) in [6, 6.07) is 11.4. The van der Waals surface area contributed by atoms with Crippen LogP contribution in [0.4, 0.5) is 5.69 Å². The molecule has 5 nitrogen and oxygen atoms in total. The summed E-state index contributed by atoms with van der Waals surface area (Å²) in [6.45, 7) is 3.65. The summed E-state index contributed by atoms with van der Waals surface area (Å²) < 4.78 is 27.5. The maximum atomic E-state index is 13.2. The Hall–Kier alpha value is -2.34. The normalized spacial score (nSPS) is 17.1. The van der Waals surface area contributed by atoms with Crippen molar-refractivity contribution in [1.29, 1.82) is 0 Å². The molecule has 6 heteroatoms. The number of sulfonamides is 1. The molecule has 0 aromatic heterocycles. The minimum atomic E-state index is -3.86. The summed E-state index contributed by atoms with van der Waals surface area (Å²) in [5, 5.41) is 0. The van der Waals surface area contributed by atoms with Crippen LogP contribution in [0.15, 0.2) is 47.4 Å². The Morgan fingerprint density at radius 3 is 2.52 bits per heavy atom. The first kappa shape index (κ1) is 15.6. The number of aryl methyl sites for hydroxylation is 2. The highest BCUT2D eigenvalue weighted by atomic mass is 32.2. The van der Waals surface area contributed by atoms with Crippen molar-refractivity contribution in [2.75, 3.05) is 4.31 Å². The van der Waals surface area contributed by atoms with Gasteiger partial charge in [-0.25, -0.2) is 8.42 Å². The van der Waals surface area contributed by atoms with Gasteiger partial charge in [-0.1, -0.05) is 35.9 Å². The molecule has 120 valence electrons. The minimum Gasteiger partial charge on any atom is -0.368 e. The van der Waals surface area contributed by atoms with Gasteiger partial charge in [-0.05, 0) is 37.1 Å². The van der Waals surface area contributed by atoms with Gasteiger partial charge in [-0.3, -0.25) is 9.10 Å². The number of carbonyl (C=O) groups excluding carboxylic acids is 1. The number of para-hydroxylation sites is 1. The zero-order valence-electron chi connectivity index (χ0n) is 13.0. The van der Waals surface area contributed by atoms with E-state index >= 15 is 0 Å². The first-order valence-electron chi connectivity index (χ1n) is 7.31. The van der Waals surface area contributed by atoms with Gasteiger partial charge in [0.15, 0.2) is 0 Å². The molecule has 0 saturated heterocycles. The molecule has 23 heavy (non-hydrogen) atoms. The fraction of sp³-hybridized carbons (Fsp3) is 0.235. The third-order valence-corrected chi connectivity index (χ3v) is 6.10. The average Bonchev–Trinajstić information content (AvgIpc) is 2.87. The van der Waals surface area contributed by atoms with Crippen LogP contribution in [0.5, 0.6) is 0 Å². The smallest absolute Gasteiger partial charge is 0.265 e. The first-order chi connectivity index (χ1) is 10.8. The van der Waals surface area contributed by atoms with Crippen molar-refractivity contribution >= 4 is 21.6 Å². The number of benzene rings is 2. The molecule has 1 amide bonds. The zero-order chi connectivity index (χ0) is 16.8. The average molecular weight is 330 g/mol. The Kier molecular flexibility index (Phi) is 3.64. The van der Waals surface area contributed by atoms with Gasteiger partial charge in [-0.2, -0.15) is 0 Å². The SMILES string of the molecule is Cc1ccc(S(=O)(=O)N2c3ccccc3CC2C(N)=O)c(C)c1. The molecule has 3 rings (SSSR count). The number of carbonyl (C=O) groups is 1. The van der Waals surface area contributed by atoms with Crippen molar-refractivity contribution in [3.63, 3.8) is 0 Å². The predicted octanol–water partition coefficient (Wildman–Crippen LogP) is 1.91.